The molecule has 0 saturated carbocycles. The van der Waals surface area contributed by atoms with Crippen LogP contribution in [0, 0.1) is 0 Å². The van der Waals surface area contributed by atoms with Gasteiger partial charge in [-0.3, -0.25) is 4.79 Å². The van der Waals surface area contributed by atoms with Crippen molar-refractivity contribution in [3.63, 3.8) is 0 Å². The Hall–Kier alpha value is -3.50. The Morgan fingerprint density at radius 1 is 0.786 bits per heavy atom. The monoisotopic (exact) mass is 379 g/mol. The highest BCUT2D eigenvalue weighted by Gasteiger charge is 2.29. The molecule has 0 spiro atoms. The molecule has 0 bridgehead atoms. The molecule has 3 nitrogen and oxygen atoms in total. The van der Waals surface area contributed by atoms with Gasteiger partial charge >= 0.3 is 0 Å². The molecule has 0 unspecified atom stereocenters. The minimum absolute atomic E-state index is 0.132. The lowest BCUT2D eigenvalue weighted by atomic mass is 10.0. The van der Waals surface area contributed by atoms with Crippen molar-refractivity contribution in [1.82, 2.24) is 0 Å². The molecule has 4 aromatic carbocycles. The summed E-state index contributed by atoms with van der Waals surface area (Å²) in [5.41, 5.74) is 1.58. The van der Waals surface area contributed by atoms with E-state index in [1.165, 1.54) is 16.7 Å². The van der Waals surface area contributed by atoms with Gasteiger partial charge in [-0.05, 0) is 57.9 Å². The van der Waals surface area contributed by atoms with Crippen LogP contribution in [-0.2, 0) is 0 Å². The SMILES string of the molecule is O=C1C(c2sc3cc4cc5ccccc5cc4cc3c2O)=Nc2ccccc21. The Kier molecular flexibility index (Phi) is 3.06. The Bertz CT molecular complexity index is 1490. The normalized spacial score (nSPS) is 13.4. The summed E-state index contributed by atoms with van der Waals surface area (Å²) >= 11 is 1.41. The van der Waals surface area contributed by atoms with Gasteiger partial charge in [-0.1, -0.05) is 36.4 Å². The highest BCUT2D eigenvalue weighted by Crippen LogP contribution is 2.42. The van der Waals surface area contributed by atoms with Crippen molar-refractivity contribution >= 4 is 60.2 Å². The third-order valence-electron chi connectivity index (χ3n) is 5.30. The zero-order valence-electron chi connectivity index (χ0n) is 14.6. The first-order valence-electron chi connectivity index (χ1n) is 9.00. The van der Waals surface area contributed by atoms with E-state index in [9.17, 15) is 9.90 Å². The van der Waals surface area contributed by atoms with E-state index in [-0.39, 0.29) is 11.5 Å². The molecule has 0 aliphatic carbocycles. The molecule has 0 radical (unpaired) electrons. The molecule has 0 amide bonds. The summed E-state index contributed by atoms with van der Waals surface area (Å²) in [6, 6.07) is 23.9. The number of nitrogens with zero attached hydrogens (tertiary/aromatic N) is 1. The lowest BCUT2D eigenvalue weighted by Gasteiger charge is -2.03. The van der Waals surface area contributed by atoms with E-state index in [0.717, 1.165) is 26.2 Å². The molecule has 28 heavy (non-hydrogen) atoms. The van der Waals surface area contributed by atoms with E-state index < -0.39 is 0 Å². The van der Waals surface area contributed by atoms with Gasteiger partial charge in [-0.25, -0.2) is 4.99 Å². The van der Waals surface area contributed by atoms with E-state index in [1.807, 2.05) is 36.4 Å². The first kappa shape index (κ1) is 15.5. The maximum Gasteiger partial charge on any atom is 0.215 e. The number of rotatable bonds is 1. The zero-order valence-corrected chi connectivity index (χ0v) is 15.5. The van der Waals surface area contributed by atoms with Crippen molar-refractivity contribution in [3.8, 4) is 5.75 Å². The van der Waals surface area contributed by atoms with Crippen LogP contribution in [0.25, 0.3) is 31.6 Å². The predicted molar refractivity (Wildman–Crippen MR) is 115 cm³/mol. The van der Waals surface area contributed by atoms with Gasteiger partial charge in [-0.15, -0.1) is 11.3 Å². The molecule has 6 rings (SSSR count). The van der Waals surface area contributed by atoms with Crippen molar-refractivity contribution in [2.24, 2.45) is 4.99 Å². The highest BCUT2D eigenvalue weighted by atomic mass is 32.1. The molecule has 4 heteroatoms. The summed E-state index contributed by atoms with van der Waals surface area (Å²) in [5.74, 6) is 0.00251. The molecule has 0 saturated heterocycles. The van der Waals surface area contributed by atoms with Gasteiger partial charge in [0.15, 0.2) is 0 Å². The first-order valence-corrected chi connectivity index (χ1v) is 9.81. The predicted octanol–water partition coefficient (Wildman–Crippen LogP) is 6.23. The number of Topliss-reactive ketones (excluding diaryl/α,β-unsaturated/α-hetero) is 1. The number of thiophene rings is 1. The molecule has 132 valence electrons. The van der Waals surface area contributed by atoms with Gasteiger partial charge in [0.1, 0.15) is 11.5 Å². The lowest BCUT2D eigenvalue weighted by molar-refractivity contribution is 0.107. The number of carbonyl (C=O) groups is 1. The standard InChI is InChI=1S/C24H13NO2S/c26-22-17-7-3-4-8-19(17)25-21(22)24-23(27)18-11-15-9-13-5-1-2-6-14(13)10-16(15)12-20(18)28-24/h1-12,27H. The second-order valence-electron chi connectivity index (χ2n) is 6.98. The van der Waals surface area contributed by atoms with Crippen LogP contribution in [0.15, 0.2) is 77.8 Å². The first-order chi connectivity index (χ1) is 13.7. The fourth-order valence-corrected chi connectivity index (χ4v) is 5.01. The van der Waals surface area contributed by atoms with E-state index in [1.54, 1.807) is 6.07 Å². The smallest absolute Gasteiger partial charge is 0.215 e. The van der Waals surface area contributed by atoms with Crippen LogP contribution in [0.1, 0.15) is 15.2 Å². The molecule has 1 N–H and O–H groups in total. The molecule has 1 aliphatic rings. The van der Waals surface area contributed by atoms with Crippen LogP contribution in [0.3, 0.4) is 0 Å². The van der Waals surface area contributed by atoms with Crippen LogP contribution in [0.5, 0.6) is 5.75 Å². The largest absolute Gasteiger partial charge is 0.506 e. The zero-order chi connectivity index (χ0) is 18.8. The van der Waals surface area contributed by atoms with Crippen LogP contribution in [0.2, 0.25) is 0 Å². The Labute approximate surface area is 164 Å². The third-order valence-corrected chi connectivity index (χ3v) is 6.45. The fraction of sp³-hybridized carbons (Fsp3) is 0. The average Bonchev–Trinajstić information content (AvgIpc) is 3.22. The summed E-state index contributed by atoms with van der Waals surface area (Å²) in [5, 5.41) is 16.2. The van der Waals surface area contributed by atoms with Crippen LogP contribution < -0.4 is 0 Å². The molecule has 5 aromatic rings. The van der Waals surface area contributed by atoms with Gasteiger partial charge < -0.3 is 5.11 Å². The lowest BCUT2D eigenvalue weighted by Crippen LogP contribution is -2.09. The number of hydrogen-bond acceptors (Lipinski definition) is 4. The van der Waals surface area contributed by atoms with Crippen molar-refractivity contribution in [1.29, 1.82) is 0 Å². The van der Waals surface area contributed by atoms with Crippen LogP contribution in [0.4, 0.5) is 5.69 Å². The van der Waals surface area contributed by atoms with E-state index >= 15 is 0 Å². The van der Waals surface area contributed by atoms with Gasteiger partial charge in [-0.2, -0.15) is 0 Å². The van der Waals surface area contributed by atoms with Gasteiger partial charge in [0.05, 0.1) is 10.6 Å². The Morgan fingerprint density at radius 3 is 2.21 bits per heavy atom. The number of para-hydroxylation sites is 1. The third kappa shape index (κ3) is 2.09. The quantitative estimate of drug-likeness (QED) is 0.351. The van der Waals surface area contributed by atoms with Crippen molar-refractivity contribution in [2.75, 3.05) is 0 Å². The number of fused-ring (bicyclic) bond motifs is 4. The molecule has 2 heterocycles. The molecule has 1 aromatic heterocycles. The number of carbonyl (C=O) groups excluding carboxylic acids is 1. The molecular weight excluding hydrogens is 366 g/mol. The number of ketones is 1. The fourth-order valence-electron chi connectivity index (χ4n) is 3.90. The van der Waals surface area contributed by atoms with Gasteiger partial charge in [0.2, 0.25) is 5.78 Å². The second-order valence-corrected chi connectivity index (χ2v) is 8.03. The maximum atomic E-state index is 12.8. The van der Waals surface area contributed by atoms with Crippen molar-refractivity contribution in [2.45, 2.75) is 0 Å². The summed E-state index contributed by atoms with van der Waals surface area (Å²) in [7, 11) is 0. The number of hydrogen-bond donors (Lipinski definition) is 1. The second kappa shape index (κ2) is 5.50. The molecule has 0 atom stereocenters. The van der Waals surface area contributed by atoms with Gasteiger partial charge in [0.25, 0.3) is 0 Å². The minimum Gasteiger partial charge on any atom is -0.506 e. The van der Waals surface area contributed by atoms with Crippen molar-refractivity contribution in [3.05, 3.63) is 83.2 Å². The molecule has 1 aliphatic heterocycles. The highest BCUT2D eigenvalue weighted by molar-refractivity contribution is 7.22. The van der Waals surface area contributed by atoms with Crippen LogP contribution >= 0.6 is 11.3 Å². The topological polar surface area (TPSA) is 49.7 Å². The van der Waals surface area contributed by atoms with Gasteiger partial charge in [0, 0.05) is 15.6 Å². The van der Waals surface area contributed by atoms with Crippen molar-refractivity contribution < 1.29 is 9.90 Å². The maximum absolute atomic E-state index is 12.8. The summed E-state index contributed by atoms with van der Waals surface area (Å²) in [6.07, 6.45) is 0. The average molecular weight is 379 g/mol. The number of aromatic hydroxyl groups is 1. The van der Waals surface area contributed by atoms with E-state index in [0.29, 0.717) is 21.8 Å². The Balaban J connectivity index is 1.59. The summed E-state index contributed by atoms with van der Waals surface area (Å²) in [4.78, 5) is 17.8. The molecule has 0 fully saturated rings. The summed E-state index contributed by atoms with van der Waals surface area (Å²) in [6.45, 7) is 0. The molecular formula is C24H13NO2S. The number of aliphatic imine (C=N–C) groups is 1. The number of benzene rings is 4. The van der Waals surface area contributed by atoms with Crippen LogP contribution in [-0.4, -0.2) is 16.6 Å². The minimum atomic E-state index is -0.132. The summed E-state index contributed by atoms with van der Waals surface area (Å²) < 4.78 is 0.946. The Morgan fingerprint density at radius 2 is 1.46 bits per heavy atom. The van der Waals surface area contributed by atoms with E-state index in [4.69, 9.17) is 0 Å². The van der Waals surface area contributed by atoms with E-state index in [2.05, 4.69) is 35.3 Å².